The van der Waals surface area contributed by atoms with Crippen LogP contribution in [0.25, 0.3) is 28.1 Å². The second kappa shape index (κ2) is 7.83. The molecule has 3 aromatic carbocycles. The van der Waals surface area contributed by atoms with Gasteiger partial charge >= 0.3 is 5.97 Å². The number of rotatable bonds is 4. The number of anilines is 1. The lowest BCUT2D eigenvalue weighted by Crippen LogP contribution is -2.08. The zero-order chi connectivity index (χ0) is 21.3. The largest absolute Gasteiger partial charge is 0.407 e. The van der Waals surface area contributed by atoms with E-state index in [1.165, 1.54) is 23.7 Å². The van der Waals surface area contributed by atoms with Gasteiger partial charge < -0.3 is 10.5 Å². The van der Waals surface area contributed by atoms with E-state index in [1.807, 2.05) is 43.3 Å². The molecule has 0 aliphatic carbocycles. The molecule has 0 unspecified atom stereocenters. The van der Waals surface area contributed by atoms with Gasteiger partial charge in [-0.25, -0.2) is 4.39 Å². The van der Waals surface area contributed by atoms with E-state index in [0.717, 1.165) is 16.7 Å². The predicted octanol–water partition coefficient (Wildman–Crippen LogP) is 5.16. The molecule has 0 aliphatic rings. The molecule has 1 heterocycles. The van der Waals surface area contributed by atoms with Gasteiger partial charge in [0.25, 0.3) is 0 Å². The van der Waals surface area contributed by atoms with Crippen LogP contribution in [0.4, 0.5) is 10.1 Å². The lowest BCUT2D eigenvalue weighted by molar-refractivity contribution is -0.132. The van der Waals surface area contributed by atoms with Gasteiger partial charge in [-0.2, -0.15) is 9.78 Å². The van der Waals surface area contributed by atoms with Crippen molar-refractivity contribution in [3.05, 3.63) is 84.2 Å². The molecule has 2 N–H and O–H groups in total. The maximum absolute atomic E-state index is 13.9. The quantitative estimate of drug-likeness (QED) is 0.379. The molecule has 4 aromatic rings. The number of carbonyl (C=O) groups excluding carboxylic acids is 1. The summed E-state index contributed by atoms with van der Waals surface area (Å²) in [6.45, 7) is 3.31. The average molecular weight is 401 g/mol. The third-order valence-electron chi connectivity index (χ3n) is 4.63. The Morgan fingerprint density at radius 3 is 2.40 bits per heavy atom. The minimum absolute atomic E-state index is 0.217. The molecule has 0 atom stereocenters. The number of nitrogens with zero attached hydrogens (tertiary/aromatic N) is 2. The second-order valence-electron chi connectivity index (χ2n) is 7.01. The highest BCUT2D eigenvalue weighted by atomic mass is 19.1. The van der Waals surface area contributed by atoms with Crippen molar-refractivity contribution < 1.29 is 13.9 Å². The summed E-state index contributed by atoms with van der Waals surface area (Å²) >= 11 is 0. The number of carbonyl (C=O) groups is 1. The minimum Gasteiger partial charge on any atom is -0.407 e. The van der Waals surface area contributed by atoms with E-state index in [-0.39, 0.29) is 5.88 Å². The molecule has 6 heteroatoms. The van der Waals surface area contributed by atoms with Crippen molar-refractivity contribution in [2.75, 3.05) is 5.73 Å². The molecule has 0 aliphatic heterocycles. The van der Waals surface area contributed by atoms with Crippen LogP contribution in [-0.2, 0) is 4.79 Å². The summed E-state index contributed by atoms with van der Waals surface area (Å²) in [5.41, 5.74) is 10.8. The SMILES string of the molecule is CC(=O)Oc1c(-c2ccc(N)cc2)c(-c2cccc(C)c2)nn1-c1cccc(F)c1. The van der Waals surface area contributed by atoms with Gasteiger partial charge in [0.1, 0.15) is 11.5 Å². The molecule has 0 amide bonds. The van der Waals surface area contributed by atoms with E-state index >= 15 is 0 Å². The van der Waals surface area contributed by atoms with Gasteiger partial charge in [-0.15, -0.1) is 0 Å². The molecule has 0 fully saturated rings. The summed E-state index contributed by atoms with van der Waals surface area (Å²) in [5.74, 6) is -0.697. The lowest BCUT2D eigenvalue weighted by Gasteiger charge is -2.10. The fraction of sp³-hybridized carbons (Fsp3) is 0.0833. The van der Waals surface area contributed by atoms with Crippen LogP contribution in [0.5, 0.6) is 5.88 Å². The Balaban J connectivity index is 2.05. The van der Waals surface area contributed by atoms with Gasteiger partial charge in [0.2, 0.25) is 5.88 Å². The molecule has 30 heavy (non-hydrogen) atoms. The van der Waals surface area contributed by atoms with E-state index in [2.05, 4.69) is 0 Å². The molecule has 0 spiro atoms. The van der Waals surface area contributed by atoms with Gasteiger partial charge in [-0.1, -0.05) is 42.0 Å². The number of halogens is 1. The number of nitrogen functional groups attached to an aromatic ring is 1. The van der Waals surface area contributed by atoms with E-state index in [4.69, 9.17) is 15.6 Å². The van der Waals surface area contributed by atoms with Gasteiger partial charge in [0.15, 0.2) is 0 Å². The third kappa shape index (κ3) is 3.80. The first-order chi connectivity index (χ1) is 14.4. The first kappa shape index (κ1) is 19.4. The number of benzene rings is 3. The van der Waals surface area contributed by atoms with Crippen LogP contribution in [0.3, 0.4) is 0 Å². The van der Waals surface area contributed by atoms with Crippen molar-refractivity contribution in [1.82, 2.24) is 9.78 Å². The van der Waals surface area contributed by atoms with Crippen molar-refractivity contribution in [1.29, 1.82) is 0 Å². The maximum atomic E-state index is 13.9. The fourth-order valence-corrected chi connectivity index (χ4v) is 3.32. The number of nitrogens with two attached hydrogens (primary N) is 1. The van der Waals surface area contributed by atoms with Crippen LogP contribution in [-0.4, -0.2) is 15.7 Å². The van der Waals surface area contributed by atoms with E-state index in [1.54, 1.807) is 24.3 Å². The van der Waals surface area contributed by atoms with Gasteiger partial charge in [0, 0.05) is 18.2 Å². The Morgan fingerprint density at radius 1 is 1.00 bits per heavy atom. The lowest BCUT2D eigenvalue weighted by atomic mass is 10.00. The maximum Gasteiger partial charge on any atom is 0.309 e. The zero-order valence-corrected chi connectivity index (χ0v) is 16.6. The highest BCUT2D eigenvalue weighted by Gasteiger charge is 2.24. The Bertz CT molecular complexity index is 1230. The number of aryl methyl sites for hydroxylation is 1. The van der Waals surface area contributed by atoms with Crippen LogP contribution >= 0.6 is 0 Å². The van der Waals surface area contributed by atoms with Gasteiger partial charge in [-0.3, -0.25) is 4.79 Å². The number of hydrogen-bond acceptors (Lipinski definition) is 4. The molecular weight excluding hydrogens is 381 g/mol. The van der Waals surface area contributed by atoms with Crippen molar-refractivity contribution in [2.24, 2.45) is 0 Å². The van der Waals surface area contributed by atoms with Crippen LogP contribution in [0.15, 0.2) is 72.8 Å². The van der Waals surface area contributed by atoms with E-state index < -0.39 is 11.8 Å². The van der Waals surface area contributed by atoms with Crippen LogP contribution < -0.4 is 10.5 Å². The summed E-state index contributed by atoms with van der Waals surface area (Å²) in [4.78, 5) is 11.9. The number of esters is 1. The van der Waals surface area contributed by atoms with Crippen molar-refractivity contribution in [3.8, 4) is 34.0 Å². The standard InChI is InChI=1S/C24H20FN3O2/c1-15-5-3-6-18(13-15)23-22(17-9-11-20(26)12-10-17)24(30-16(2)29)28(27-23)21-8-4-7-19(25)14-21/h3-14H,26H2,1-2H3. The smallest absolute Gasteiger partial charge is 0.309 e. The zero-order valence-electron chi connectivity index (χ0n) is 16.6. The molecule has 0 saturated carbocycles. The van der Waals surface area contributed by atoms with Crippen LogP contribution in [0.2, 0.25) is 0 Å². The Labute approximate surface area is 173 Å². The van der Waals surface area contributed by atoms with Crippen molar-refractivity contribution in [3.63, 3.8) is 0 Å². The fourth-order valence-electron chi connectivity index (χ4n) is 3.32. The minimum atomic E-state index is -0.500. The first-order valence-corrected chi connectivity index (χ1v) is 9.42. The summed E-state index contributed by atoms with van der Waals surface area (Å²) in [5, 5.41) is 4.73. The second-order valence-corrected chi connectivity index (χ2v) is 7.01. The summed E-state index contributed by atoms with van der Waals surface area (Å²) in [6, 6.07) is 21.1. The van der Waals surface area contributed by atoms with Gasteiger partial charge in [-0.05, 0) is 48.9 Å². The molecule has 150 valence electrons. The highest BCUT2D eigenvalue weighted by Crippen LogP contribution is 2.41. The van der Waals surface area contributed by atoms with Crippen LogP contribution in [0.1, 0.15) is 12.5 Å². The first-order valence-electron chi connectivity index (χ1n) is 9.42. The molecule has 1 aromatic heterocycles. The number of aromatic nitrogens is 2. The average Bonchev–Trinajstić information content (AvgIpc) is 3.07. The monoisotopic (exact) mass is 401 g/mol. The summed E-state index contributed by atoms with van der Waals surface area (Å²) < 4.78 is 21.0. The van der Waals surface area contributed by atoms with E-state index in [9.17, 15) is 9.18 Å². The summed E-state index contributed by atoms with van der Waals surface area (Å²) in [6.07, 6.45) is 0. The normalized spacial score (nSPS) is 10.8. The van der Waals surface area contributed by atoms with Crippen LogP contribution in [0, 0.1) is 12.7 Å². The van der Waals surface area contributed by atoms with Gasteiger partial charge in [0.05, 0.1) is 11.3 Å². The molecule has 0 bridgehead atoms. The predicted molar refractivity (Wildman–Crippen MR) is 115 cm³/mol. The topological polar surface area (TPSA) is 70.1 Å². The number of ether oxygens (including phenoxy) is 1. The molecule has 0 radical (unpaired) electrons. The molecule has 5 nitrogen and oxygen atoms in total. The molecule has 0 saturated heterocycles. The number of hydrogen-bond donors (Lipinski definition) is 1. The van der Waals surface area contributed by atoms with Crippen molar-refractivity contribution >= 4 is 11.7 Å². The molecular formula is C24H20FN3O2. The molecule has 4 rings (SSSR count). The third-order valence-corrected chi connectivity index (χ3v) is 4.63. The Kier molecular flexibility index (Phi) is 5.06. The van der Waals surface area contributed by atoms with E-state index in [0.29, 0.717) is 22.6 Å². The summed E-state index contributed by atoms with van der Waals surface area (Å²) in [7, 11) is 0. The van der Waals surface area contributed by atoms with Crippen molar-refractivity contribution in [2.45, 2.75) is 13.8 Å². The Hall–Kier alpha value is -3.93. The highest BCUT2D eigenvalue weighted by molar-refractivity contribution is 5.87. The Morgan fingerprint density at radius 2 is 1.73 bits per heavy atom.